The van der Waals surface area contributed by atoms with Crippen molar-refractivity contribution in [3.63, 3.8) is 0 Å². The van der Waals surface area contributed by atoms with Crippen LogP contribution >= 0.6 is 0 Å². The van der Waals surface area contributed by atoms with Gasteiger partial charge in [-0.1, -0.05) is 23.8 Å². The zero-order chi connectivity index (χ0) is 16.6. The molecule has 3 rings (SSSR count). The van der Waals surface area contributed by atoms with E-state index in [1.807, 2.05) is 26.0 Å². The number of nitrogens with zero attached hydrogens (tertiary/aromatic N) is 2. The van der Waals surface area contributed by atoms with Gasteiger partial charge in [0.15, 0.2) is 5.78 Å². The normalized spacial score (nSPS) is 10.9. The molecule has 0 amide bonds. The number of hydrogen-bond donors (Lipinski definition) is 0. The molecule has 1 aromatic heterocycles. The fourth-order valence-corrected chi connectivity index (χ4v) is 2.61. The van der Waals surface area contributed by atoms with E-state index in [1.165, 1.54) is 29.1 Å². The monoisotopic (exact) mass is 310 g/mol. The summed E-state index contributed by atoms with van der Waals surface area (Å²) in [4.78, 5) is 28.9. The summed E-state index contributed by atoms with van der Waals surface area (Å²) < 4.78 is 14.4. The number of Topliss-reactive ketones (excluding diaryl/α,β-unsaturated/α-hetero) is 1. The van der Waals surface area contributed by atoms with Crippen molar-refractivity contribution in [2.24, 2.45) is 0 Å². The lowest BCUT2D eigenvalue weighted by molar-refractivity contribution is 0.0970. The molecule has 0 radical (unpaired) electrons. The molecule has 0 aliphatic rings. The van der Waals surface area contributed by atoms with Gasteiger partial charge in [0.1, 0.15) is 5.82 Å². The standard InChI is InChI=1S/C18H15FN2O2/c1-11-3-5-14(12(2)7-11)17(22)9-21-10-20-16-8-13(19)4-6-15(16)18(21)23/h3-8,10H,9H2,1-2H3. The van der Waals surface area contributed by atoms with E-state index in [0.717, 1.165) is 11.1 Å². The highest BCUT2D eigenvalue weighted by Crippen LogP contribution is 2.13. The summed E-state index contributed by atoms with van der Waals surface area (Å²) in [6.45, 7) is 3.73. The van der Waals surface area contributed by atoms with Gasteiger partial charge >= 0.3 is 0 Å². The van der Waals surface area contributed by atoms with Gasteiger partial charge in [0, 0.05) is 11.6 Å². The first kappa shape index (κ1) is 15.1. The molecule has 1 heterocycles. The highest BCUT2D eigenvalue weighted by atomic mass is 19.1. The van der Waals surface area contributed by atoms with E-state index in [-0.39, 0.29) is 23.4 Å². The first-order valence-electron chi connectivity index (χ1n) is 7.21. The third-order valence-corrected chi connectivity index (χ3v) is 3.78. The smallest absolute Gasteiger partial charge is 0.261 e. The molecule has 0 aliphatic carbocycles. The van der Waals surface area contributed by atoms with Gasteiger partial charge in [0.05, 0.1) is 23.8 Å². The number of halogens is 1. The summed E-state index contributed by atoms with van der Waals surface area (Å²) >= 11 is 0. The Labute approximate surface area is 132 Å². The number of carbonyl (C=O) groups is 1. The number of hydrogen-bond acceptors (Lipinski definition) is 3. The van der Waals surface area contributed by atoms with Crippen LogP contribution in [-0.2, 0) is 6.54 Å². The van der Waals surface area contributed by atoms with Crippen LogP contribution in [0, 0.1) is 19.7 Å². The molecule has 0 aliphatic heterocycles. The van der Waals surface area contributed by atoms with Crippen LogP contribution in [0.3, 0.4) is 0 Å². The third kappa shape index (κ3) is 2.90. The fourth-order valence-electron chi connectivity index (χ4n) is 2.61. The molecule has 4 nitrogen and oxygen atoms in total. The average Bonchev–Trinajstić information content (AvgIpc) is 2.50. The van der Waals surface area contributed by atoms with Gasteiger partial charge in [-0.25, -0.2) is 9.37 Å². The Morgan fingerprint density at radius 3 is 2.70 bits per heavy atom. The van der Waals surface area contributed by atoms with Gasteiger partial charge in [-0.2, -0.15) is 0 Å². The molecular weight excluding hydrogens is 295 g/mol. The quantitative estimate of drug-likeness (QED) is 0.699. The first-order chi connectivity index (χ1) is 11.0. The maximum absolute atomic E-state index is 13.2. The first-order valence-corrected chi connectivity index (χ1v) is 7.21. The highest BCUT2D eigenvalue weighted by molar-refractivity contribution is 5.97. The summed E-state index contributed by atoms with van der Waals surface area (Å²) in [6, 6.07) is 9.36. The molecular formula is C18H15FN2O2. The molecule has 23 heavy (non-hydrogen) atoms. The van der Waals surface area contributed by atoms with Crippen LogP contribution in [0.4, 0.5) is 4.39 Å². The predicted molar refractivity (Wildman–Crippen MR) is 86.2 cm³/mol. The second-order valence-electron chi connectivity index (χ2n) is 5.58. The van der Waals surface area contributed by atoms with Crippen molar-refractivity contribution in [2.45, 2.75) is 20.4 Å². The SMILES string of the molecule is Cc1ccc(C(=O)Cn2cnc3cc(F)ccc3c2=O)c(C)c1. The molecule has 0 spiro atoms. The number of aryl methyl sites for hydroxylation is 2. The van der Waals surface area contributed by atoms with E-state index in [9.17, 15) is 14.0 Å². The Kier molecular flexibility index (Phi) is 3.78. The van der Waals surface area contributed by atoms with Gasteiger partial charge in [0.25, 0.3) is 5.56 Å². The Hall–Kier alpha value is -2.82. The zero-order valence-corrected chi connectivity index (χ0v) is 12.8. The van der Waals surface area contributed by atoms with E-state index >= 15 is 0 Å². The minimum Gasteiger partial charge on any atom is -0.292 e. The van der Waals surface area contributed by atoms with Crippen LogP contribution in [0.1, 0.15) is 21.5 Å². The van der Waals surface area contributed by atoms with Gasteiger partial charge in [-0.05, 0) is 31.5 Å². The second kappa shape index (κ2) is 5.76. The molecule has 0 unspecified atom stereocenters. The second-order valence-corrected chi connectivity index (χ2v) is 5.58. The van der Waals surface area contributed by atoms with E-state index in [1.54, 1.807) is 6.07 Å². The van der Waals surface area contributed by atoms with Crippen LogP contribution in [0.25, 0.3) is 10.9 Å². The van der Waals surface area contributed by atoms with Crippen molar-refractivity contribution < 1.29 is 9.18 Å². The maximum Gasteiger partial charge on any atom is 0.261 e. The Bertz CT molecular complexity index is 976. The third-order valence-electron chi connectivity index (χ3n) is 3.78. The van der Waals surface area contributed by atoms with E-state index < -0.39 is 5.82 Å². The lowest BCUT2D eigenvalue weighted by atomic mass is 10.0. The average molecular weight is 310 g/mol. The van der Waals surface area contributed by atoms with Crippen molar-refractivity contribution in [3.8, 4) is 0 Å². The van der Waals surface area contributed by atoms with Crippen molar-refractivity contribution in [3.05, 3.63) is 75.6 Å². The molecule has 5 heteroatoms. The van der Waals surface area contributed by atoms with Gasteiger partial charge in [-0.3, -0.25) is 14.2 Å². The van der Waals surface area contributed by atoms with E-state index in [4.69, 9.17) is 0 Å². The Balaban J connectivity index is 1.98. The number of carbonyl (C=O) groups excluding carboxylic acids is 1. The summed E-state index contributed by atoms with van der Waals surface area (Å²) in [6.07, 6.45) is 1.28. The van der Waals surface area contributed by atoms with E-state index in [2.05, 4.69) is 4.98 Å². The highest BCUT2D eigenvalue weighted by Gasteiger charge is 2.12. The lowest BCUT2D eigenvalue weighted by Gasteiger charge is -2.08. The zero-order valence-electron chi connectivity index (χ0n) is 12.8. The predicted octanol–water partition coefficient (Wildman–Crippen LogP) is 3.04. The van der Waals surface area contributed by atoms with Crippen molar-refractivity contribution in [2.75, 3.05) is 0 Å². The topological polar surface area (TPSA) is 52.0 Å². The summed E-state index contributed by atoms with van der Waals surface area (Å²) in [5.41, 5.74) is 2.46. The summed E-state index contributed by atoms with van der Waals surface area (Å²) in [5, 5.41) is 0.294. The molecule has 2 aromatic carbocycles. The maximum atomic E-state index is 13.2. The molecule has 0 atom stereocenters. The van der Waals surface area contributed by atoms with Crippen molar-refractivity contribution >= 4 is 16.7 Å². The number of fused-ring (bicyclic) bond motifs is 1. The molecule has 0 bridgehead atoms. The van der Waals surface area contributed by atoms with Crippen molar-refractivity contribution in [1.29, 1.82) is 0 Å². The van der Waals surface area contributed by atoms with Crippen molar-refractivity contribution in [1.82, 2.24) is 9.55 Å². The van der Waals surface area contributed by atoms with E-state index in [0.29, 0.717) is 10.9 Å². The van der Waals surface area contributed by atoms with Gasteiger partial charge in [0.2, 0.25) is 0 Å². The molecule has 0 saturated heterocycles. The molecule has 0 N–H and O–H groups in total. The van der Waals surface area contributed by atoms with Crippen LogP contribution < -0.4 is 5.56 Å². The van der Waals surface area contributed by atoms with Crippen LogP contribution in [0.2, 0.25) is 0 Å². The molecule has 116 valence electrons. The molecule has 3 aromatic rings. The van der Waals surface area contributed by atoms with Gasteiger partial charge in [-0.15, -0.1) is 0 Å². The largest absolute Gasteiger partial charge is 0.292 e. The molecule has 0 saturated carbocycles. The van der Waals surface area contributed by atoms with Gasteiger partial charge < -0.3 is 0 Å². The van der Waals surface area contributed by atoms with Crippen LogP contribution in [0.5, 0.6) is 0 Å². The number of ketones is 1. The fraction of sp³-hybridized carbons (Fsp3) is 0.167. The Morgan fingerprint density at radius 2 is 1.96 bits per heavy atom. The number of rotatable bonds is 3. The summed E-state index contributed by atoms with van der Waals surface area (Å²) in [5.74, 6) is -0.610. The summed E-state index contributed by atoms with van der Waals surface area (Å²) in [7, 11) is 0. The minimum absolute atomic E-state index is 0.0942. The number of benzene rings is 2. The Morgan fingerprint density at radius 1 is 1.17 bits per heavy atom. The van der Waals surface area contributed by atoms with Crippen LogP contribution in [-0.4, -0.2) is 15.3 Å². The van der Waals surface area contributed by atoms with Crippen LogP contribution in [0.15, 0.2) is 47.5 Å². The number of aromatic nitrogens is 2. The minimum atomic E-state index is -0.450. The molecule has 0 fully saturated rings. The lowest BCUT2D eigenvalue weighted by Crippen LogP contribution is -2.25.